The SMILES string of the molecule is COc1cc(C/C=C\c2ccc(O)c3c2C[C@@H]2C[C@@H]4[C@@H](N(C)C)C(O)C(C(N)=O)C(=O)[C@]4(O)C(=O)C2C3=O)ccc1O. The molecule has 3 aliphatic rings. The molecule has 2 aromatic carbocycles. The Morgan fingerprint density at radius 3 is 2.45 bits per heavy atom. The molecule has 2 aromatic rings. The Hall–Kier alpha value is -4.06. The van der Waals surface area contributed by atoms with Gasteiger partial charge in [0.25, 0.3) is 0 Å². The molecule has 11 heteroatoms. The van der Waals surface area contributed by atoms with Crippen LogP contribution in [0.3, 0.4) is 0 Å². The summed E-state index contributed by atoms with van der Waals surface area (Å²) in [5.41, 5.74) is 4.74. The van der Waals surface area contributed by atoms with Crippen molar-refractivity contribution < 1.29 is 44.3 Å². The first-order valence-electron chi connectivity index (χ1n) is 13.7. The van der Waals surface area contributed by atoms with E-state index >= 15 is 0 Å². The first kappa shape index (κ1) is 29.4. The van der Waals surface area contributed by atoms with Crippen molar-refractivity contribution in [3.8, 4) is 17.2 Å². The van der Waals surface area contributed by atoms with Gasteiger partial charge in [-0.15, -0.1) is 0 Å². The molecule has 0 spiro atoms. The second kappa shape index (κ2) is 10.6. The predicted octanol–water partition coefficient (Wildman–Crippen LogP) is 0.629. The minimum atomic E-state index is -2.69. The molecular weight excluding hydrogens is 544 g/mol. The normalized spacial score (nSPS) is 30.7. The van der Waals surface area contributed by atoms with Gasteiger partial charge in [-0.1, -0.05) is 24.3 Å². The van der Waals surface area contributed by atoms with Gasteiger partial charge in [0.2, 0.25) is 5.91 Å². The number of primary amides is 1. The molecule has 0 aliphatic heterocycles. The maximum atomic E-state index is 13.9. The minimum absolute atomic E-state index is 0.0219. The first-order chi connectivity index (χ1) is 19.8. The Labute approximate surface area is 242 Å². The number of aliphatic hydroxyl groups is 2. The third kappa shape index (κ3) is 4.39. The molecule has 3 unspecified atom stereocenters. The highest BCUT2D eigenvalue weighted by atomic mass is 16.5. The standard InChI is InChI=1S/C31H34N2O9/c1-33(2)25-18-13-16-12-17-15(6-4-5-14-7-9-19(34)21(11-14)42-3)8-10-20(35)23(17)26(36)22(16)28(38)31(18,41)29(39)24(27(25)37)30(32)40/h4,6-11,16,18,22,24-25,27,34-35,37,41H,5,12-13H2,1-3H3,(H2,32,40)/b6-4-/t16-,18-,22?,24?,25-,27?,31-/m1/s1. The molecule has 6 N–H and O–H groups in total. The number of phenolic OH excluding ortho intramolecular Hbond substituents is 2. The number of ketones is 3. The number of phenols is 2. The van der Waals surface area contributed by atoms with Gasteiger partial charge in [-0.2, -0.15) is 0 Å². The molecule has 2 fully saturated rings. The number of benzene rings is 2. The van der Waals surface area contributed by atoms with E-state index in [-0.39, 0.29) is 29.9 Å². The molecule has 11 nitrogen and oxygen atoms in total. The number of rotatable bonds is 6. The topological polar surface area (TPSA) is 188 Å². The molecule has 0 aromatic heterocycles. The fourth-order valence-corrected chi connectivity index (χ4v) is 7.17. The molecule has 1 amide bonds. The van der Waals surface area contributed by atoms with Gasteiger partial charge in [-0.3, -0.25) is 19.2 Å². The number of hydrogen-bond donors (Lipinski definition) is 5. The molecule has 42 heavy (non-hydrogen) atoms. The minimum Gasteiger partial charge on any atom is -0.507 e. The number of methoxy groups -OCH3 is 1. The van der Waals surface area contributed by atoms with Gasteiger partial charge in [0, 0.05) is 12.0 Å². The van der Waals surface area contributed by atoms with Crippen LogP contribution in [0.5, 0.6) is 17.2 Å². The van der Waals surface area contributed by atoms with Gasteiger partial charge in [0.1, 0.15) is 11.7 Å². The van der Waals surface area contributed by atoms with Crippen LogP contribution in [0.2, 0.25) is 0 Å². The fourth-order valence-electron chi connectivity index (χ4n) is 7.17. The Balaban J connectivity index is 1.52. The molecule has 0 heterocycles. The van der Waals surface area contributed by atoms with Gasteiger partial charge in [0.15, 0.2) is 34.4 Å². The number of nitrogens with zero attached hydrogens (tertiary/aromatic N) is 1. The van der Waals surface area contributed by atoms with E-state index < -0.39 is 64.7 Å². The summed E-state index contributed by atoms with van der Waals surface area (Å²) in [7, 11) is 4.66. The van der Waals surface area contributed by atoms with E-state index in [0.29, 0.717) is 23.3 Å². The molecule has 3 aliphatic carbocycles. The van der Waals surface area contributed by atoms with Crippen molar-refractivity contribution in [1.82, 2.24) is 4.90 Å². The second-order valence-corrected chi connectivity index (χ2v) is 11.6. The van der Waals surface area contributed by atoms with Crippen molar-refractivity contribution in [2.75, 3.05) is 21.2 Å². The van der Waals surface area contributed by atoms with E-state index in [1.54, 1.807) is 43.3 Å². The highest BCUT2D eigenvalue weighted by Gasteiger charge is 2.69. The zero-order chi connectivity index (χ0) is 30.7. The molecule has 2 saturated carbocycles. The lowest BCUT2D eigenvalue weighted by Crippen LogP contribution is -2.75. The lowest BCUT2D eigenvalue weighted by molar-refractivity contribution is -0.190. The first-order valence-corrected chi connectivity index (χ1v) is 13.7. The van der Waals surface area contributed by atoms with E-state index in [1.165, 1.54) is 19.2 Å². The Morgan fingerprint density at radius 2 is 1.81 bits per heavy atom. The van der Waals surface area contributed by atoms with Gasteiger partial charge in [0.05, 0.1) is 24.7 Å². The van der Waals surface area contributed by atoms with E-state index in [2.05, 4.69) is 0 Å². The monoisotopic (exact) mass is 578 g/mol. The highest BCUT2D eigenvalue weighted by molar-refractivity contribution is 6.25. The smallest absolute Gasteiger partial charge is 0.230 e. The van der Waals surface area contributed by atoms with E-state index in [4.69, 9.17) is 10.5 Å². The van der Waals surface area contributed by atoms with Crippen LogP contribution in [-0.4, -0.2) is 87.5 Å². The number of hydrogen-bond acceptors (Lipinski definition) is 10. The Bertz CT molecular complexity index is 1520. The third-order valence-electron chi connectivity index (χ3n) is 9.10. The average Bonchev–Trinajstić information content (AvgIpc) is 2.92. The lowest BCUT2D eigenvalue weighted by atomic mass is 9.52. The maximum absolute atomic E-state index is 13.9. The van der Waals surface area contributed by atoms with E-state index in [1.807, 2.05) is 6.08 Å². The van der Waals surface area contributed by atoms with Crippen molar-refractivity contribution in [3.05, 3.63) is 58.7 Å². The largest absolute Gasteiger partial charge is 0.507 e. The number of carbonyl (C=O) groups is 4. The van der Waals surface area contributed by atoms with Crippen LogP contribution < -0.4 is 10.5 Å². The number of carbonyl (C=O) groups excluding carboxylic acids is 4. The number of likely N-dealkylation sites (N-methyl/N-ethyl adjacent to an activating group) is 1. The summed E-state index contributed by atoms with van der Waals surface area (Å²) in [4.78, 5) is 54.9. The van der Waals surface area contributed by atoms with Gasteiger partial charge in [-0.05, 0) is 74.2 Å². The number of aliphatic hydroxyl groups excluding tert-OH is 1. The molecule has 7 atom stereocenters. The van der Waals surface area contributed by atoms with Gasteiger partial charge in [-0.25, -0.2) is 0 Å². The highest BCUT2D eigenvalue weighted by Crippen LogP contribution is 2.51. The fraction of sp³-hybridized carbons (Fsp3) is 0.419. The summed E-state index contributed by atoms with van der Waals surface area (Å²) in [6, 6.07) is 7.06. The predicted molar refractivity (Wildman–Crippen MR) is 150 cm³/mol. The molecule has 0 bridgehead atoms. The summed E-state index contributed by atoms with van der Waals surface area (Å²) in [5.74, 6) is -8.99. The van der Waals surface area contributed by atoms with Gasteiger partial charge < -0.3 is 35.8 Å². The summed E-state index contributed by atoms with van der Waals surface area (Å²) in [6.45, 7) is 0. The lowest BCUT2D eigenvalue weighted by Gasteiger charge is -2.54. The second-order valence-electron chi connectivity index (χ2n) is 11.6. The number of aromatic hydroxyl groups is 2. The zero-order valence-electron chi connectivity index (χ0n) is 23.5. The third-order valence-corrected chi connectivity index (χ3v) is 9.10. The number of ether oxygens (including phenoxy) is 1. The summed E-state index contributed by atoms with van der Waals surface area (Å²) in [5, 5.41) is 43.2. The van der Waals surface area contributed by atoms with Gasteiger partial charge >= 0.3 is 0 Å². The van der Waals surface area contributed by atoms with Crippen molar-refractivity contribution in [3.63, 3.8) is 0 Å². The molecular formula is C31H34N2O9. The maximum Gasteiger partial charge on any atom is 0.230 e. The van der Waals surface area contributed by atoms with Crippen molar-refractivity contribution in [2.45, 2.75) is 37.0 Å². The molecule has 5 rings (SSSR count). The van der Waals surface area contributed by atoms with E-state index in [9.17, 15) is 39.6 Å². The summed E-state index contributed by atoms with van der Waals surface area (Å²) in [6.07, 6.45) is 2.84. The van der Waals surface area contributed by atoms with Crippen LogP contribution in [0, 0.1) is 23.7 Å². The van der Waals surface area contributed by atoms with Crippen LogP contribution in [0.4, 0.5) is 0 Å². The van der Waals surface area contributed by atoms with Crippen LogP contribution >= 0.6 is 0 Å². The Morgan fingerprint density at radius 1 is 1.12 bits per heavy atom. The van der Waals surface area contributed by atoms with Crippen LogP contribution in [0.15, 0.2) is 36.4 Å². The zero-order valence-corrected chi connectivity index (χ0v) is 23.5. The number of allylic oxidation sites excluding steroid dienone is 1. The van der Waals surface area contributed by atoms with Crippen LogP contribution in [0.25, 0.3) is 6.08 Å². The summed E-state index contributed by atoms with van der Waals surface area (Å²) < 4.78 is 5.16. The van der Waals surface area contributed by atoms with Crippen LogP contribution in [0.1, 0.15) is 33.5 Å². The van der Waals surface area contributed by atoms with Crippen molar-refractivity contribution in [1.29, 1.82) is 0 Å². The Kier molecular flexibility index (Phi) is 7.46. The molecule has 222 valence electrons. The molecule has 0 saturated heterocycles. The quantitative estimate of drug-likeness (QED) is 0.304. The number of nitrogens with two attached hydrogens (primary N) is 1. The van der Waals surface area contributed by atoms with E-state index in [0.717, 1.165) is 5.56 Å². The number of amides is 1. The number of Topliss-reactive ketones (excluding diaryl/α,β-unsaturated/α-hetero) is 3. The van der Waals surface area contributed by atoms with Crippen LogP contribution in [-0.2, 0) is 27.2 Å². The number of fused-ring (bicyclic) bond motifs is 3. The van der Waals surface area contributed by atoms with Crippen molar-refractivity contribution in [2.24, 2.45) is 29.4 Å². The summed E-state index contributed by atoms with van der Waals surface area (Å²) >= 11 is 0. The molecule has 0 radical (unpaired) electrons. The average molecular weight is 579 g/mol. The van der Waals surface area contributed by atoms with Crippen molar-refractivity contribution >= 4 is 29.3 Å².